The Balaban J connectivity index is 2.38. The van der Waals surface area contributed by atoms with Crippen molar-refractivity contribution in [3.8, 4) is 0 Å². The average Bonchev–Trinajstić information content (AvgIpc) is 2.65. The normalized spacial score (nSPS) is 13.1. The summed E-state index contributed by atoms with van der Waals surface area (Å²) >= 11 is 1.74. The summed E-state index contributed by atoms with van der Waals surface area (Å²) in [6.07, 6.45) is 2.52. The van der Waals surface area contributed by atoms with Gasteiger partial charge in [-0.1, -0.05) is 0 Å². The predicted octanol–water partition coefficient (Wildman–Crippen LogP) is 2.09. The van der Waals surface area contributed by atoms with Crippen LogP contribution in [0.3, 0.4) is 0 Å². The van der Waals surface area contributed by atoms with E-state index in [4.69, 9.17) is 4.74 Å². The van der Waals surface area contributed by atoms with Crippen molar-refractivity contribution in [3.63, 3.8) is 0 Å². The van der Waals surface area contributed by atoms with E-state index in [1.165, 1.54) is 15.8 Å². The third-order valence-electron chi connectivity index (χ3n) is 3.26. The molecule has 0 amide bonds. The van der Waals surface area contributed by atoms with Crippen molar-refractivity contribution in [2.75, 3.05) is 20.8 Å². The van der Waals surface area contributed by atoms with Gasteiger partial charge in [0.2, 0.25) is 0 Å². The van der Waals surface area contributed by atoms with Gasteiger partial charge in [0, 0.05) is 29.8 Å². The van der Waals surface area contributed by atoms with Crippen LogP contribution in [0.15, 0.2) is 6.33 Å². The van der Waals surface area contributed by atoms with Gasteiger partial charge in [-0.15, -0.1) is 11.3 Å². The smallest absolute Gasteiger partial charge is 0.127 e. The van der Waals surface area contributed by atoms with Gasteiger partial charge in [-0.2, -0.15) is 0 Å². The van der Waals surface area contributed by atoms with Crippen molar-refractivity contribution in [1.29, 1.82) is 0 Å². The van der Waals surface area contributed by atoms with E-state index in [0.717, 1.165) is 16.9 Å². The van der Waals surface area contributed by atoms with Gasteiger partial charge < -0.3 is 10.1 Å². The number of ether oxygens (including phenoxy) is 1. The molecule has 2 aromatic heterocycles. The standard InChI is InChI=1S/C13H19N3OS/c1-8-9(2)18-13-12(8)11(15-7-16-13)5-10(14-3)6-17-4/h7,10,14H,5-6H2,1-4H3. The zero-order valence-corrected chi connectivity index (χ0v) is 12.1. The van der Waals surface area contributed by atoms with E-state index in [0.29, 0.717) is 6.61 Å². The second-order valence-corrected chi connectivity index (χ2v) is 5.63. The fourth-order valence-corrected chi connectivity index (χ4v) is 3.11. The molecule has 1 atom stereocenters. The molecule has 0 aliphatic heterocycles. The van der Waals surface area contributed by atoms with Crippen LogP contribution >= 0.6 is 11.3 Å². The van der Waals surface area contributed by atoms with Crippen molar-refractivity contribution in [3.05, 3.63) is 22.5 Å². The Labute approximate surface area is 111 Å². The molecule has 1 unspecified atom stereocenters. The Bertz CT molecular complexity index is 538. The lowest BCUT2D eigenvalue weighted by molar-refractivity contribution is 0.169. The van der Waals surface area contributed by atoms with Crippen LogP contribution in [-0.4, -0.2) is 36.8 Å². The summed E-state index contributed by atoms with van der Waals surface area (Å²) in [7, 11) is 3.67. The predicted molar refractivity (Wildman–Crippen MR) is 75.3 cm³/mol. The number of likely N-dealkylation sites (N-methyl/N-ethyl adjacent to an activating group) is 1. The lowest BCUT2D eigenvalue weighted by Crippen LogP contribution is -2.32. The van der Waals surface area contributed by atoms with Gasteiger partial charge in [-0.3, -0.25) is 0 Å². The fourth-order valence-electron chi connectivity index (χ4n) is 2.09. The highest BCUT2D eigenvalue weighted by atomic mass is 32.1. The Morgan fingerprint density at radius 1 is 1.39 bits per heavy atom. The van der Waals surface area contributed by atoms with E-state index in [2.05, 4.69) is 29.1 Å². The summed E-state index contributed by atoms with van der Waals surface area (Å²) in [5.74, 6) is 0. The number of aryl methyl sites for hydroxylation is 2. The molecule has 98 valence electrons. The molecule has 5 heteroatoms. The summed E-state index contributed by atoms with van der Waals surface area (Å²) in [6, 6.07) is 0.285. The summed E-state index contributed by atoms with van der Waals surface area (Å²) in [4.78, 5) is 11.2. The van der Waals surface area contributed by atoms with E-state index in [-0.39, 0.29) is 6.04 Å². The molecule has 0 aliphatic rings. The minimum atomic E-state index is 0.285. The van der Waals surface area contributed by atoms with Crippen LogP contribution in [0.4, 0.5) is 0 Å². The molecule has 2 aromatic rings. The molecular weight excluding hydrogens is 246 g/mol. The molecule has 0 aliphatic carbocycles. The maximum absolute atomic E-state index is 5.21. The topological polar surface area (TPSA) is 47.0 Å². The molecule has 0 aromatic carbocycles. The maximum atomic E-state index is 5.21. The Kier molecular flexibility index (Phi) is 4.27. The number of fused-ring (bicyclic) bond motifs is 1. The average molecular weight is 265 g/mol. The number of thiophene rings is 1. The maximum Gasteiger partial charge on any atom is 0.127 e. The Morgan fingerprint density at radius 3 is 2.83 bits per heavy atom. The summed E-state index contributed by atoms with van der Waals surface area (Å²) in [5.41, 5.74) is 2.41. The van der Waals surface area contributed by atoms with Crippen LogP contribution in [0, 0.1) is 13.8 Å². The van der Waals surface area contributed by atoms with Gasteiger partial charge in [0.25, 0.3) is 0 Å². The third kappa shape index (κ3) is 2.53. The molecule has 0 fully saturated rings. The molecule has 2 rings (SSSR count). The second-order valence-electron chi connectivity index (χ2n) is 4.43. The van der Waals surface area contributed by atoms with Crippen molar-refractivity contribution in [2.24, 2.45) is 0 Å². The van der Waals surface area contributed by atoms with Gasteiger partial charge in [-0.25, -0.2) is 9.97 Å². The van der Waals surface area contributed by atoms with E-state index in [9.17, 15) is 0 Å². The number of methoxy groups -OCH3 is 1. The molecular formula is C13H19N3OS. The lowest BCUT2D eigenvalue weighted by Gasteiger charge is -2.15. The Morgan fingerprint density at radius 2 is 2.17 bits per heavy atom. The first-order valence-corrected chi connectivity index (χ1v) is 6.84. The van der Waals surface area contributed by atoms with Crippen molar-refractivity contribution >= 4 is 21.6 Å². The molecule has 1 N–H and O–H groups in total. The number of hydrogen-bond donors (Lipinski definition) is 1. The first kappa shape index (κ1) is 13.4. The van der Waals surface area contributed by atoms with Crippen molar-refractivity contribution in [2.45, 2.75) is 26.3 Å². The zero-order chi connectivity index (χ0) is 13.1. The molecule has 0 spiro atoms. The molecule has 0 saturated carbocycles. The first-order chi connectivity index (χ1) is 8.67. The highest BCUT2D eigenvalue weighted by molar-refractivity contribution is 7.18. The highest BCUT2D eigenvalue weighted by Crippen LogP contribution is 2.30. The van der Waals surface area contributed by atoms with Crippen LogP contribution < -0.4 is 5.32 Å². The molecule has 0 saturated heterocycles. The largest absolute Gasteiger partial charge is 0.383 e. The van der Waals surface area contributed by atoms with Crippen LogP contribution in [0.2, 0.25) is 0 Å². The van der Waals surface area contributed by atoms with Crippen molar-refractivity contribution < 1.29 is 4.74 Å². The summed E-state index contributed by atoms with van der Waals surface area (Å²) in [5, 5.41) is 4.48. The molecule has 4 nitrogen and oxygen atoms in total. The fraction of sp³-hybridized carbons (Fsp3) is 0.538. The van der Waals surface area contributed by atoms with Crippen LogP contribution in [0.25, 0.3) is 10.2 Å². The first-order valence-electron chi connectivity index (χ1n) is 6.03. The Hall–Kier alpha value is -1.04. The minimum Gasteiger partial charge on any atom is -0.383 e. The van der Waals surface area contributed by atoms with Crippen LogP contribution in [-0.2, 0) is 11.2 Å². The zero-order valence-electron chi connectivity index (χ0n) is 11.3. The molecule has 0 radical (unpaired) electrons. The number of aromatic nitrogens is 2. The SMILES string of the molecule is CNC(COC)Cc1ncnc2sc(C)c(C)c12. The summed E-state index contributed by atoms with van der Waals surface area (Å²) in [6.45, 7) is 4.96. The van der Waals surface area contributed by atoms with Gasteiger partial charge in [-0.05, 0) is 26.5 Å². The molecule has 0 bridgehead atoms. The quantitative estimate of drug-likeness (QED) is 0.899. The van der Waals surface area contributed by atoms with E-state index < -0.39 is 0 Å². The van der Waals surface area contributed by atoms with Gasteiger partial charge in [0.1, 0.15) is 11.2 Å². The number of nitrogens with zero attached hydrogens (tertiary/aromatic N) is 2. The monoisotopic (exact) mass is 265 g/mol. The van der Waals surface area contributed by atoms with E-state index >= 15 is 0 Å². The molecule has 2 heterocycles. The van der Waals surface area contributed by atoms with Gasteiger partial charge >= 0.3 is 0 Å². The van der Waals surface area contributed by atoms with E-state index in [1.807, 2.05) is 7.05 Å². The van der Waals surface area contributed by atoms with Crippen LogP contribution in [0.5, 0.6) is 0 Å². The van der Waals surface area contributed by atoms with Gasteiger partial charge in [0.05, 0.1) is 12.3 Å². The van der Waals surface area contributed by atoms with Crippen molar-refractivity contribution in [1.82, 2.24) is 15.3 Å². The van der Waals surface area contributed by atoms with Gasteiger partial charge in [0.15, 0.2) is 0 Å². The number of rotatable bonds is 5. The molecule has 18 heavy (non-hydrogen) atoms. The third-order valence-corrected chi connectivity index (χ3v) is 4.37. The lowest BCUT2D eigenvalue weighted by atomic mass is 10.1. The minimum absolute atomic E-state index is 0.285. The summed E-state index contributed by atoms with van der Waals surface area (Å²) < 4.78 is 5.21. The number of hydrogen-bond acceptors (Lipinski definition) is 5. The number of nitrogens with one attached hydrogen (secondary N) is 1. The van der Waals surface area contributed by atoms with E-state index in [1.54, 1.807) is 24.8 Å². The second kappa shape index (κ2) is 5.73. The van der Waals surface area contributed by atoms with Crippen LogP contribution in [0.1, 0.15) is 16.1 Å². The highest BCUT2D eigenvalue weighted by Gasteiger charge is 2.15.